The molecule has 0 amide bonds. The SMILES string of the molecule is CC(C)(C)c1ccc(OCc2ccccc2)c(CBr)c1. The molecule has 106 valence electrons. The van der Waals surface area contributed by atoms with Crippen molar-refractivity contribution in [2.24, 2.45) is 0 Å². The average molecular weight is 333 g/mol. The molecule has 0 aliphatic rings. The van der Waals surface area contributed by atoms with Crippen LogP contribution in [0.25, 0.3) is 0 Å². The molecule has 0 aromatic heterocycles. The second kappa shape index (κ2) is 6.45. The minimum absolute atomic E-state index is 0.162. The summed E-state index contributed by atoms with van der Waals surface area (Å²) < 4.78 is 5.95. The third-order valence-corrected chi connectivity index (χ3v) is 3.91. The van der Waals surface area contributed by atoms with Gasteiger partial charge >= 0.3 is 0 Å². The standard InChI is InChI=1S/C18H21BrO/c1-18(2,3)16-9-10-17(15(11-16)12-19)20-13-14-7-5-4-6-8-14/h4-11H,12-13H2,1-3H3. The Balaban J connectivity index is 2.16. The molecule has 20 heavy (non-hydrogen) atoms. The van der Waals surface area contributed by atoms with Crippen LogP contribution in [0.4, 0.5) is 0 Å². The van der Waals surface area contributed by atoms with Gasteiger partial charge in [-0.2, -0.15) is 0 Å². The topological polar surface area (TPSA) is 9.23 Å². The molecule has 0 aliphatic heterocycles. The van der Waals surface area contributed by atoms with Crippen molar-refractivity contribution in [3.63, 3.8) is 0 Å². The van der Waals surface area contributed by atoms with E-state index in [9.17, 15) is 0 Å². The fraction of sp³-hybridized carbons (Fsp3) is 0.333. The van der Waals surface area contributed by atoms with E-state index >= 15 is 0 Å². The highest BCUT2D eigenvalue weighted by Gasteiger charge is 2.15. The van der Waals surface area contributed by atoms with Crippen LogP contribution in [0, 0.1) is 0 Å². The molecule has 0 spiro atoms. The van der Waals surface area contributed by atoms with Crippen molar-refractivity contribution in [3.8, 4) is 5.75 Å². The zero-order valence-corrected chi connectivity index (χ0v) is 13.9. The largest absolute Gasteiger partial charge is 0.489 e. The number of alkyl halides is 1. The Labute approximate surface area is 130 Å². The van der Waals surface area contributed by atoms with Gasteiger partial charge in [0.05, 0.1) is 0 Å². The van der Waals surface area contributed by atoms with Crippen LogP contribution in [0.15, 0.2) is 48.5 Å². The van der Waals surface area contributed by atoms with Crippen molar-refractivity contribution in [1.29, 1.82) is 0 Å². The van der Waals surface area contributed by atoms with Gasteiger partial charge in [-0.15, -0.1) is 0 Å². The summed E-state index contributed by atoms with van der Waals surface area (Å²) in [5.41, 5.74) is 3.88. The predicted molar refractivity (Wildman–Crippen MR) is 88.5 cm³/mol. The number of hydrogen-bond donors (Lipinski definition) is 0. The van der Waals surface area contributed by atoms with Crippen molar-refractivity contribution in [1.82, 2.24) is 0 Å². The first-order valence-electron chi connectivity index (χ1n) is 6.87. The Morgan fingerprint density at radius 2 is 1.70 bits per heavy atom. The highest BCUT2D eigenvalue weighted by atomic mass is 79.9. The van der Waals surface area contributed by atoms with Gasteiger partial charge in [0, 0.05) is 10.9 Å². The van der Waals surface area contributed by atoms with Gasteiger partial charge in [0.15, 0.2) is 0 Å². The summed E-state index contributed by atoms with van der Waals surface area (Å²) in [4.78, 5) is 0. The zero-order valence-electron chi connectivity index (χ0n) is 12.3. The quantitative estimate of drug-likeness (QED) is 0.675. The van der Waals surface area contributed by atoms with Crippen LogP contribution in [-0.4, -0.2) is 0 Å². The summed E-state index contributed by atoms with van der Waals surface area (Å²) >= 11 is 3.56. The molecule has 0 unspecified atom stereocenters. The maximum atomic E-state index is 5.95. The van der Waals surface area contributed by atoms with Crippen LogP contribution in [0.5, 0.6) is 5.75 Å². The fourth-order valence-corrected chi connectivity index (χ4v) is 2.46. The summed E-state index contributed by atoms with van der Waals surface area (Å²) in [6, 6.07) is 16.7. The second-order valence-electron chi connectivity index (χ2n) is 5.98. The van der Waals surface area contributed by atoms with Crippen molar-refractivity contribution in [2.75, 3.05) is 0 Å². The molecule has 0 N–H and O–H groups in total. The lowest BCUT2D eigenvalue weighted by Gasteiger charge is -2.21. The summed E-state index contributed by atoms with van der Waals surface area (Å²) in [5.74, 6) is 0.957. The number of halogens is 1. The second-order valence-corrected chi connectivity index (χ2v) is 6.54. The van der Waals surface area contributed by atoms with Crippen LogP contribution < -0.4 is 4.74 Å². The lowest BCUT2D eigenvalue weighted by atomic mass is 9.86. The first-order valence-corrected chi connectivity index (χ1v) is 7.99. The summed E-state index contributed by atoms with van der Waals surface area (Å²) in [7, 11) is 0. The molecule has 0 bridgehead atoms. The van der Waals surface area contributed by atoms with E-state index < -0.39 is 0 Å². The van der Waals surface area contributed by atoms with E-state index in [1.54, 1.807) is 0 Å². The van der Waals surface area contributed by atoms with Crippen LogP contribution >= 0.6 is 15.9 Å². The summed E-state index contributed by atoms with van der Waals surface area (Å²) in [6.45, 7) is 7.29. The van der Waals surface area contributed by atoms with Crippen molar-refractivity contribution in [3.05, 3.63) is 65.2 Å². The molecular formula is C18H21BrO. The van der Waals surface area contributed by atoms with Crippen molar-refractivity contribution < 1.29 is 4.74 Å². The molecule has 2 heteroatoms. The van der Waals surface area contributed by atoms with Crippen LogP contribution in [0.3, 0.4) is 0 Å². The van der Waals surface area contributed by atoms with E-state index in [1.165, 1.54) is 16.7 Å². The van der Waals surface area contributed by atoms with Gasteiger partial charge in [-0.1, -0.05) is 79.2 Å². The Bertz CT molecular complexity index is 555. The molecule has 2 aromatic carbocycles. The van der Waals surface area contributed by atoms with Crippen molar-refractivity contribution >= 4 is 15.9 Å². The number of benzene rings is 2. The average Bonchev–Trinajstić information content (AvgIpc) is 2.45. The Hall–Kier alpha value is -1.28. The number of rotatable bonds is 4. The van der Waals surface area contributed by atoms with E-state index in [4.69, 9.17) is 4.74 Å². The van der Waals surface area contributed by atoms with Gasteiger partial charge in [-0.3, -0.25) is 0 Å². The molecule has 2 rings (SSSR count). The maximum Gasteiger partial charge on any atom is 0.123 e. The first kappa shape index (κ1) is 15.1. The fourth-order valence-electron chi connectivity index (χ4n) is 2.03. The molecular weight excluding hydrogens is 312 g/mol. The van der Waals surface area contributed by atoms with Gasteiger partial charge in [0.25, 0.3) is 0 Å². The molecule has 0 atom stereocenters. The lowest BCUT2D eigenvalue weighted by Crippen LogP contribution is -2.11. The predicted octanol–water partition coefficient (Wildman–Crippen LogP) is 5.46. The highest BCUT2D eigenvalue weighted by molar-refractivity contribution is 9.08. The Kier molecular flexibility index (Phi) is 4.87. The molecule has 0 fully saturated rings. The highest BCUT2D eigenvalue weighted by Crippen LogP contribution is 2.29. The van der Waals surface area contributed by atoms with Crippen molar-refractivity contribution in [2.45, 2.75) is 38.1 Å². The van der Waals surface area contributed by atoms with Gasteiger partial charge in [-0.25, -0.2) is 0 Å². The number of hydrogen-bond acceptors (Lipinski definition) is 1. The molecule has 0 saturated heterocycles. The van der Waals surface area contributed by atoms with Crippen LogP contribution in [0.2, 0.25) is 0 Å². The minimum atomic E-state index is 0.162. The van der Waals surface area contributed by atoms with E-state index in [-0.39, 0.29) is 5.41 Å². The third-order valence-electron chi connectivity index (χ3n) is 3.31. The maximum absolute atomic E-state index is 5.95. The van der Waals surface area contributed by atoms with Crippen LogP contribution in [-0.2, 0) is 17.4 Å². The van der Waals surface area contributed by atoms with Gasteiger partial charge < -0.3 is 4.74 Å². The van der Waals surface area contributed by atoms with E-state index in [2.05, 4.69) is 67.0 Å². The molecule has 0 radical (unpaired) electrons. The normalized spacial score (nSPS) is 11.4. The molecule has 0 heterocycles. The van der Waals surface area contributed by atoms with Gasteiger partial charge in [-0.05, 0) is 22.6 Å². The summed E-state index contributed by atoms with van der Waals surface area (Å²) in [5, 5.41) is 0.807. The molecule has 0 saturated carbocycles. The monoisotopic (exact) mass is 332 g/mol. The van der Waals surface area contributed by atoms with Gasteiger partial charge in [0.2, 0.25) is 0 Å². The first-order chi connectivity index (χ1) is 9.50. The third kappa shape index (κ3) is 3.86. The molecule has 2 aromatic rings. The molecule has 1 nitrogen and oxygen atoms in total. The van der Waals surface area contributed by atoms with E-state index in [0.717, 1.165) is 11.1 Å². The zero-order chi connectivity index (χ0) is 14.6. The Morgan fingerprint density at radius 1 is 1.00 bits per heavy atom. The smallest absolute Gasteiger partial charge is 0.123 e. The summed E-state index contributed by atoms with van der Waals surface area (Å²) in [6.07, 6.45) is 0. The minimum Gasteiger partial charge on any atom is -0.489 e. The van der Waals surface area contributed by atoms with Crippen LogP contribution in [0.1, 0.15) is 37.5 Å². The van der Waals surface area contributed by atoms with E-state index in [1.807, 2.05) is 18.2 Å². The van der Waals surface area contributed by atoms with Gasteiger partial charge in [0.1, 0.15) is 12.4 Å². The molecule has 0 aliphatic carbocycles. The van der Waals surface area contributed by atoms with E-state index in [0.29, 0.717) is 6.61 Å². The lowest BCUT2D eigenvalue weighted by molar-refractivity contribution is 0.303. The Morgan fingerprint density at radius 3 is 2.30 bits per heavy atom. The number of ether oxygens (including phenoxy) is 1.